The lowest BCUT2D eigenvalue weighted by Crippen LogP contribution is -2.33. The molecule has 5 nitrogen and oxygen atoms in total. The van der Waals surface area contributed by atoms with Crippen LogP contribution in [0.25, 0.3) is 11.0 Å². The van der Waals surface area contributed by atoms with Gasteiger partial charge in [-0.3, -0.25) is 0 Å². The second-order valence-corrected chi connectivity index (χ2v) is 3.60. The molecule has 0 amide bonds. The van der Waals surface area contributed by atoms with E-state index < -0.39 is 0 Å². The minimum atomic E-state index is 0.147. The van der Waals surface area contributed by atoms with Gasteiger partial charge in [-0.2, -0.15) is 4.91 Å². The Hall–Kier alpha value is -1.75. The van der Waals surface area contributed by atoms with Gasteiger partial charge in [-0.15, -0.1) is 0 Å². The van der Waals surface area contributed by atoms with Crippen molar-refractivity contribution in [2.45, 2.75) is 13.3 Å². The van der Waals surface area contributed by atoms with Gasteiger partial charge in [0.15, 0.2) is 24.3 Å². The summed E-state index contributed by atoms with van der Waals surface area (Å²) >= 11 is 0. The first-order chi connectivity index (χ1) is 7.79. The van der Waals surface area contributed by atoms with Crippen molar-refractivity contribution in [3.8, 4) is 0 Å². The van der Waals surface area contributed by atoms with Crippen LogP contribution in [0.3, 0.4) is 0 Å². The SMILES string of the molecule is COCn1c(CN=O)[n+](C)c2ccccc21. The maximum atomic E-state index is 10.4. The highest BCUT2D eigenvalue weighted by atomic mass is 16.5. The molecular formula is C11H14N3O2+. The van der Waals surface area contributed by atoms with Crippen LogP contribution < -0.4 is 4.57 Å². The van der Waals surface area contributed by atoms with Crippen molar-refractivity contribution in [3.63, 3.8) is 0 Å². The van der Waals surface area contributed by atoms with E-state index in [1.54, 1.807) is 7.11 Å². The lowest BCUT2D eigenvalue weighted by atomic mass is 10.3. The highest BCUT2D eigenvalue weighted by molar-refractivity contribution is 5.72. The Kier molecular flexibility index (Phi) is 2.96. The van der Waals surface area contributed by atoms with Crippen LogP contribution in [0.1, 0.15) is 5.82 Å². The lowest BCUT2D eigenvalue weighted by molar-refractivity contribution is -0.654. The van der Waals surface area contributed by atoms with E-state index in [1.807, 2.05) is 40.4 Å². The van der Waals surface area contributed by atoms with E-state index >= 15 is 0 Å². The maximum absolute atomic E-state index is 10.4. The molecule has 0 unspecified atom stereocenters. The molecule has 0 saturated heterocycles. The molecule has 84 valence electrons. The van der Waals surface area contributed by atoms with E-state index in [-0.39, 0.29) is 6.54 Å². The molecule has 16 heavy (non-hydrogen) atoms. The quantitative estimate of drug-likeness (QED) is 0.576. The lowest BCUT2D eigenvalue weighted by Gasteiger charge is -1.98. The number of imidazole rings is 1. The number of methoxy groups -OCH3 is 1. The predicted octanol–water partition coefficient (Wildman–Crippen LogP) is 1.34. The Bertz CT molecular complexity index is 519. The summed E-state index contributed by atoms with van der Waals surface area (Å²) in [5.74, 6) is 0.845. The summed E-state index contributed by atoms with van der Waals surface area (Å²) in [4.78, 5) is 10.4. The molecule has 2 rings (SSSR count). The summed E-state index contributed by atoms with van der Waals surface area (Å²) in [5, 5.41) is 2.96. The first-order valence-corrected chi connectivity index (χ1v) is 5.03. The van der Waals surface area contributed by atoms with Gasteiger partial charge in [0.1, 0.15) is 0 Å². The normalized spacial score (nSPS) is 10.9. The zero-order valence-electron chi connectivity index (χ0n) is 9.38. The minimum Gasteiger partial charge on any atom is -0.345 e. The van der Waals surface area contributed by atoms with Gasteiger partial charge in [0, 0.05) is 7.11 Å². The molecular weight excluding hydrogens is 206 g/mol. The molecule has 0 bridgehead atoms. The molecule has 0 atom stereocenters. The fourth-order valence-corrected chi connectivity index (χ4v) is 1.96. The first-order valence-electron chi connectivity index (χ1n) is 5.03. The van der Waals surface area contributed by atoms with Crippen molar-refractivity contribution in [1.29, 1.82) is 0 Å². The van der Waals surface area contributed by atoms with Crippen LogP contribution in [-0.2, 0) is 25.1 Å². The van der Waals surface area contributed by atoms with Crippen molar-refractivity contribution in [3.05, 3.63) is 35.0 Å². The van der Waals surface area contributed by atoms with Crippen molar-refractivity contribution < 1.29 is 9.30 Å². The third-order valence-electron chi connectivity index (χ3n) is 2.70. The summed E-state index contributed by atoms with van der Waals surface area (Å²) in [6.07, 6.45) is 0. The highest BCUT2D eigenvalue weighted by Gasteiger charge is 2.21. The van der Waals surface area contributed by atoms with Crippen LogP contribution in [0.4, 0.5) is 0 Å². The van der Waals surface area contributed by atoms with Crippen LogP contribution >= 0.6 is 0 Å². The summed E-state index contributed by atoms with van der Waals surface area (Å²) in [6.45, 7) is 0.570. The van der Waals surface area contributed by atoms with Crippen LogP contribution in [0.15, 0.2) is 29.4 Å². The molecule has 1 aromatic heterocycles. The van der Waals surface area contributed by atoms with Gasteiger partial charge >= 0.3 is 0 Å². The van der Waals surface area contributed by atoms with Crippen LogP contribution in [0.5, 0.6) is 0 Å². The molecule has 0 aliphatic heterocycles. The van der Waals surface area contributed by atoms with Gasteiger partial charge in [0.25, 0.3) is 5.82 Å². The number of hydrogen-bond acceptors (Lipinski definition) is 3. The zero-order valence-corrected chi connectivity index (χ0v) is 9.38. The summed E-state index contributed by atoms with van der Waals surface area (Å²) in [7, 11) is 3.56. The van der Waals surface area contributed by atoms with Crippen LogP contribution in [0.2, 0.25) is 0 Å². The van der Waals surface area contributed by atoms with Gasteiger partial charge in [-0.25, -0.2) is 9.13 Å². The fraction of sp³-hybridized carbons (Fsp3) is 0.364. The largest absolute Gasteiger partial charge is 0.345 e. The van der Waals surface area contributed by atoms with Gasteiger partial charge in [0.2, 0.25) is 0 Å². The Morgan fingerprint density at radius 1 is 1.44 bits per heavy atom. The van der Waals surface area contributed by atoms with E-state index in [9.17, 15) is 4.91 Å². The average molecular weight is 220 g/mol. The second kappa shape index (κ2) is 4.40. The summed E-state index contributed by atoms with van der Waals surface area (Å²) in [5.41, 5.74) is 2.11. The Morgan fingerprint density at radius 2 is 2.19 bits per heavy atom. The molecule has 0 spiro atoms. The Labute approximate surface area is 93.2 Å². The van der Waals surface area contributed by atoms with Gasteiger partial charge in [-0.1, -0.05) is 17.3 Å². The first kappa shape index (κ1) is 10.8. The molecule has 1 heterocycles. The molecule has 0 fully saturated rings. The van der Waals surface area contributed by atoms with Gasteiger partial charge in [0.05, 0.1) is 7.05 Å². The Morgan fingerprint density at radius 3 is 2.88 bits per heavy atom. The zero-order chi connectivity index (χ0) is 11.5. The minimum absolute atomic E-state index is 0.147. The number of fused-ring (bicyclic) bond motifs is 1. The monoisotopic (exact) mass is 220 g/mol. The third-order valence-corrected chi connectivity index (χ3v) is 2.70. The molecule has 0 aliphatic carbocycles. The summed E-state index contributed by atoms with van der Waals surface area (Å²) in [6, 6.07) is 7.95. The van der Waals surface area contributed by atoms with Crippen molar-refractivity contribution in [2.75, 3.05) is 7.11 Å². The van der Waals surface area contributed by atoms with E-state index in [0.717, 1.165) is 16.9 Å². The molecule has 5 heteroatoms. The number of nitroso groups, excluding NO2 is 1. The number of rotatable bonds is 4. The van der Waals surface area contributed by atoms with Crippen LogP contribution in [0, 0.1) is 4.91 Å². The van der Waals surface area contributed by atoms with Gasteiger partial charge in [-0.05, 0) is 12.1 Å². The molecule has 0 saturated carbocycles. The second-order valence-electron chi connectivity index (χ2n) is 3.60. The fourth-order valence-electron chi connectivity index (χ4n) is 1.96. The van der Waals surface area contributed by atoms with E-state index in [4.69, 9.17) is 4.74 Å². The van der Waals surface area contributed by atoms with Crippen molar-refractivity contribution >= 4 is 11.0 Å². The Balaban J connectivity index is 2.69. The molecule has 0 N–H and O–H groups in total. The predicted molar refractivity (Wildman–Crippen MR) is 59.6 cm³/mol. The molecule has 0 radical (unpaired) electrons. The number of nitrogens with zero attached hydrogens (tertiary/aromatic N) is 3. The van der Waals surface area contributed by atoms with Crippen molar-refractivity contribution in [2.24, 2.45) is 12.2 Å². The highest BCUT2D eigenvalue weighted by Crippen LogP contribution is 2.14. The number of aryl methyl sites for hydroxylation is 1. The van der Waals surface area contributed by atoms with E-state index in [1.165, 1.54) is 0 Å². The van der Waals surface area contributed by atoms with Gasteiger partial charge < -0.3 is 4.74 Å². The topological polar surface area (TPSA) is 47.5 Å². The van der Waals surface area contributed by atoms with E-state index in [2.05, 4.69) is 5.18 Å². The van der Waals surface area contributed by atoms with Crippen molar-refractivity contribution in [1.82, 2.24) is 4.57 Å². The average Bonchev–Trinajstić information content (AvgIpc) is 2.57. The number of benzene rings is 1. The standard InChI is InChI=1S/C11H14N3O2/c1-13-9-5-3-4-6-10(9)14(8-16-2)11(13)7-12-15/h3-6H,7-8H2,1-2H3/q+1. The number of ether oxygens (including phenoxy) is 1. The number of para-hydroxylation sites is 2. The third kappa shape index (κ3) is 1.59. The summed E-state index contributed by atoms with van der Waals surface area (Å²) < 4.78 is 9.07. The molecule has 2 aromatic rings. The van der Waals surface area contributed by atoms with E-state index in [0.29, 0.717) is 6.73 Å². The van der Waals surface area contributed by atoms with Crippen LogP contribution in [-0.4, -0.2) is 11.7 Å². The maximum Gasteiger partial charge on any atom is 0.284 e. The number of hydrogen-bond donors (Lipinski definition) is 0. The molecule has 0 aliphatic rings. The molecule has 1 aromatic carbocycles. The smallest absolute Gasteiger partial charge is 0.284 e. The number of aromatic nitrogens is 2.